The summed E-state index contributed by atoms with van der Waals surface area (Å²) in [5.41, 5.74) is 18.8. The predicted molar refractivity (Wildman–Crippen MR) is 226 cm³/mol. The highest BCUT2D eigenvalue weighted by molar-refractivity contribution is 8.01. The average Bonchev–Trinajstić information content (AvgIpc) is 3.04. The first-order chi connectivity index (χ1) is 23.8. The van der Waals surface area contributed by atoms with Crippen molar-refractivity contribution in [3.8, 4) is 0 Å². The molecule has 1 nitrogen and oxygen atoms in total. The van der Waals surface area contributed by atoms with Crippen LogP contribution >= 0.6 is 23.5 Å². The molecule has 9 rings (SSSR count). The van der Waals surface area contributed by atoms with Gasteiger partial charge in [-0.05, 0) is 96.1 Å². The van der Waals surface area contributed by atoms with Gasteiger partial charge in [0.25, 0.3) is 0 Å². The molecule has 0 aromatic heterocycles. The Kier molecular flexibility index (Phi) is 7.02. The van der Waals surface area contributed by atoms with Crippen LogP contribution in [0.25, 0.3) is 0 Å². The number of fused-ring (bicyclic) bond motifs is 10. The molecule has 0 N–H and O–H groups in total. The van der Waals surface area contributed by atoms with Crippen LogP contribution in [0.3, 0.4) is 0 Å². The van der Waals surface area contributed by atoms with Crippen molar-refractivity contribution in [2.75, 3.05) is 4.90 Å². The fourth-order valence-electron chi connectivity index (χ4n) is 8.76. The Morgan fingerprint density at radius 3 is 1.08 bits per heavy atom. The zero-order valence-corrected chi connectivity index (χ0v) is 34.1. The van der Waals surface area contributed by atoms with Gasteiger partial charge >= 0.3 is 0 Å². The highest BCUT2D eigenvalue weighted by Gasteiger charge is 2.50. The topological polar surface area (TPSA) is 3.24 Å². The summed E-state index contributed by atoms with van der Waals surface area (Å²) in [4.78, 5) is 8.31. The second-order valence-electron chi connectivity index (χ2n) is 19.5. The normalized spacial score (nSPS) is 15.6. The molecule has 51 heavy (non-hydrogen) atoms. The number of hydrogen-bond donors (Lipinski definition) is 0. The monoisotopic (exact) mass is 701 g/mol. The summed E-state index contributed by atoms with van der Waals surface area (Å²) in [6.07, 6.45) is 0. The lowest BCUT2D eigenvalue weighted by Gasteiger charge is -2.48. The van der Waals surface area contributed by atoms with Gasteiger partial charge in [0.15, 0.2) is 0 Å². The van der Waals surface area contributed by atoms with E-state index >= 15 is 0 Å². The van der Waals surface area contributed by atoms with Crippen LogP contribution in [0.4, 0.5) is 17.1 Å². The Hall–Kier alpha value is -3.27. The summed E-state index contributed by atoms with van der Waals surface area (Å²) in [5, 5.41) is 0. The van der Waals surface area contributed by atoms with E-state index in [1.165, 1.54) is 91.7 Å². The minimum Gasteiger partial charge on any atom is -0.312 e. The molecule has 5 aromatic rings. The van der Waals surface area contributed by atoms with Gasteiger partial charge in [0.2, 0.25) is 13.4 Å². The summed E-state index contributed by atoms with van der Waals surface area (Å²) in [5.74, 6) is 0. The van der Waals surface area contributed by atoms with E-state index in [0.29, 0.717) is 0 Å². The molecule has 0 unspecified atom stereocenters. The SMILES string of the molecule is CC(C)(C)c1ccc2c(c1)B1c3cc(C(C)(C)C)ccc3N3c4ccc(C(C)(C)C)cc4B4c5cc(C(C)(C)C)ccc5Sc5cc(c1c3c54)S2. The molecule has 5 heteroatoms. The second kappa shape index (κ2) is 10.7. The fraction of sp³-hybridized carbons (Fsp3) is 0.348. The van der Waals surface area contributed by atoms with Gasteiger partial charge in [0.1, 0.15) is 0 Å². The summed E-state index contributed by atoms with van der Waals surface area (Å²) < 4.78 is 0. The quantitative estimate of drug-likeness (QED) is 0.146. The first kappa shape index (κ1) is 33.6. The van der Waals surface area contributed by atoms with E-state index in [1.54, 1.807) is 0 Å². The van der Waals surface area contributed by atoms with E-state index in [4.69, 9.17) is 0 Å². The maximum atomic E-state index is 2.69. The van der Waals surface area contributed by atoms with Crippen molar-refractivity contribution in [2.24, 2.45) is 0 Å². The molecule has 0 fully saturated rings. The van der Waals surface area contributed by atoms with Crippen molar-refractivity contribution < 1.29 is 0 Å². The molecule has 256 valence electrons. The average molecular weight is 702 g/mol. The van der Waals surface area contributed by atoms with E-state index in [9.17, 15) is 0 Å². The Labute approximate surface area is 315 Å². The van der Waals surface area contributed by atoms with E-state index in [0.717, 1.165) is 0 Å². The van der Waals surface area contributed by atoms with Crippen molar-refractivity contribution >= 4 is 86.8 Å². The smallest absolute Gasteiger partial charge is 0.249 e. The van der Waals surface area contributed by atoms with Crippen LogP contribution in [0.1, 0.15) is 105 Å². The van der Waals surface area contributed by atoms with Crippen LogP contribution in [-0.2, 0) is 21.7 Å². The number of anilines is 3. The molecule has 0 amide bonds. The molecular formula is C46H49B2NS2. The molecule has 0 saturated heterocycles. The van der Waals surface area contributed by atoms with Crippen molar-refractivity contribution in [3.05, 3.63) is 101 Å². The van der Waals surface area contributed by atoms with E-state index in [-0.39, 0.29) is 35.1 Å². The highest BCUT2D eigenvalue weighted by atomic mass is 32.2. The minimum atomic E-state index is 0.0467. The third-order valence-corrected chi connectivity index (χ3v) is 14.1. The first-order valence-electron chi connectivity index (χ1n) is 18.7. The van der Waals surface area contributed by atoms with Gasteiger partial charge in [-0.25, -0.2) is 0 Å². The Balaban J connectivity index is 1.41. The molecule has 0 bridgehead atoms. The van der Waals surface area contributed by atoms with E-state index < -0.39 is 0 Å². The summed E-state index contributed by atoms with van der Waals surface area (Å²) in [6, 6.07) is 32.1. The molecule has 0 spiro atoms. The Morgan fingerprint density at radius 1 is 0.392 bits per heavy atom. The number of nitrogens with zero attached hydrogens (tertiary/aromatic N) is 1. The van der Waals surface area contributed by atoms with Crippen molar-refractivity contribution in [1.29, 1.82) is 0 Å². The molecule has 0 radical (unpaired) electrons. The molecule has 5 aromatic carbocycles. The molecule has 4 heterocycles. The largest absolute Gasteiger partial charge is 0.312 e. The Bertz CT molecular complexity index is 2170. The van der Waals surface area contributed by atoms with Gasteiger partial charge in [0, 0.05) is 36.6 Å². The molecule has 4 aliphatic heterocycles. The van der Waals surface area contributed by atoms with Gasteiger partial charge in [-0.15, -0.1) is 0 Å². The highest BCUT2D eigenvalue weighted by Crippen LogP contribution is 2.48. The van der Waals surface area contributed by atoms with Crippen LogP contribution in [0, 0.1) is 0 Å². The standard InChI is InChI=1S/C46H49B2NS2/c1-43(2,3)26-13-17-34-30(21-26)47-32-23-28(45(7,8)9)15-19-36(32)50-38-25-39-41-42(40(38)47)49(34)35-18-14-27(44(4,5)6)22-31(35)48(41)33-24-29(46(10,11)12)16-20-37(33)51-39/h13-25H,1-12H3. The fourth-order valence-corrected chi connectivity index (χ4v) is 11.2. The van der Waals surface area contributed by atoms with Crippen LogP contribution in [-0.4, -0.2) is 13.4 Å². The first-order valence-corrected chi connectivity index (χ1v) is 20.4. The zero-order valence-electron chi connectivity index (χ0n) is 32.4. The minimum absolute atomic E-state index is 0.0467. The van der Waals surface area contributed by atoms with Crippen molar-refractivity contribution in [1.82, 2.24) is 0 Å². The van der Waals surface area contributed by atoms with Crippen LogP contribution in [0.2, 0.25) is 0 Å². The van der Waals surface area contributed by atoms with Crippen molar-refractivity contribution in [2.45, 2.75) is 124 Å². The molecule has 0 saturated carbocycles. The summed E-state index contributed by atoms with van der Waals surface area (Å²) in [6.45, 7) is 28.6. The lowest BCUT2D eigenvalue weighted by Crippen LogP contribution is -2.67. The van der Waals surface area contributed by atoms with E-state index in [1.807, 2.05) is 23.5 Å². The number of rotatable bonds is 0. The Morgan fingerprint density at radius 2 is 0.725 bits per heavy atom. The number of benzene rings is 5. The maximum absolute atomic E-state index is 2.69. The van der Waals surface area contributed by atoms with Gasteiger partial charge in [0.05, 0.1) is 0 Å². The summed E-state index contributed by atoms with van der Waals surface area (Å²) in [7, 11) is 0. The van der Waals surface area contributed by atoms with Crippen LogP contribution < -0.4 is 37.7 Å². The van der Waals surface area contributed by atoms with Gasteiger partial charge in [-0.1, -0.05) is 166 Å². The molecule has 4 aliphatic rings. The van der Waals surface area contributed by atoms with Gasteiger partial charge in [-0.3, -0.25) is 0 Å². The lowest BCUT2D eigenvalue weighted by molar-refractivity contribution is 0.590. The molecule has 0 atom stereocenters. The molecular weight excluding hydrogens is 652 g/mol. The van der Waals surface area contributed by atoms with Gasteiger partial charge < -0.3 is 4.90 Å². The summed E-state index contributed by atoms with van der Waals surface area (Å²) >= 11 is 3.98. The maximum Gasteiger partial charge on any atom is 0.249 e. The lowest BCUT2D eigenvalue weighted by atomic mass is 9.30. The van der Waals surface area contributed by atoms with Crippen molar-refractivity contribution in [3.63, 3.8) is 0 Å². The van der Waals surface area contributed by atoms with Crippen LogP contribution in [0.15, 0.2) is 98.4 Å². The predicted octanol–water partition coefficient (Wildman–Crippen LogP) is 8.93. The number of hydrogen-bond acceptors (Lipinski definition) is 3. The second-order valence-corrected chi connectivity index (χ2v) is 21.7. The third-order valence-electron chi connectivity index (χ3n) is 11.8. The zero-order chi connectivity index (χ0) is 36.2. The molecule has 0 aliphatic carbocycles. The van der Waals surface area contributed by atoms with Crippen LogP contribution in [0.5, 0.6) is 0 Å². The third kappa shape index (κ3) is 5.00. The van der Waals surface area contributed by atoms with Gasteiger partial charge in [-0.2, -0.15) is 0 Å². The van der Waals surface area contributed by atoms with E-state index in [2.05, 4.69) is 167 Å².